The average Bonchev–Trinajstić information content (AvgIpc) is 3.26. The number of ether oxygens (including phenoxy) is 1. The number of methoxy groups -OCH3 is 1. The second kappa shape index (κ2) is 8.26. The predicted octanol–water partition coefficient (Wildman–Crippen LogP) is 3.66. The molecule has 7 nitrogen and oxygen atoms in total. The van der Waals surface area contributed by atoms with E-state index in [1.165, 1.54) is 11.0 Å². The van der Waals surface area contributed by atoms with E-state index in [1.807, 2.05) is 0 Å². The van der Waals surface area contributed by atoms with Crippen LogP contribution in [0.3, 0.4) is 0 Å². The van der Waals surface area contributed by atoms with Crippen molar-refractivity contribution < 1.29 is 18.7 Å². The summed E-state index contributed by atoms with van der Waals surface area (Å²) in [5, 5.41) is 11.4. The minimum Gasteiger partial charge on any atom is -0.497 e. The summed E-state index contributed by atoms with van der Waals surface area (Å²) < 4.78 is 10.9. The summed E-state index contributed by atoms with van der Waals surface area (Å²) in [5.41, 5.74) is 1.70. The van der Waals surface area contributed by atoms with Crippen LogP contribution in [0.25, 0.3) is 17.4 Å². The fraction of sp³-hybridized carbons (Fsp3) is 0.0435. The molecule has 1 fully saturated rings. The molecule has 0 bridgehead atoms. The average molecular weight is 429 g/mol. The zero-order valence-electron chi connectivity index (χ0n) is 16.3. The fourth-order valence-electron chi connectivity index (χ4n) is 3.06. The van der Waals surface area contributed by atoms with Gasteiger partial charge in [0.2, 0.25) is 0 Å². The van der Waals surface area contributed by atoms with Gasteiger partial charge in [0, 0.05) is 5.56 Å². The maximum Gasteiger partial charge on any atom is 0.270 e. The molecule has 0 saturated carbocycles. The molecule has 152 valence electrons. The van der Waals surface area contributed by atoms with Gasteiger partial charge in [0.25, 0.3) is 11.8 Å². The van der Waals surface area contributed by atoms with Crippen molar-refractivity contribution in [2.24, 2.45) is 0 Å². The van der Waals surface area contributed by atoms with Gasteiger partial charge in [-0.3, -0.25) is 19.8 Å². The number of thiocarbonyl (C=S) groups is 1. The highest BCUT2D eigenvalue weighted by molar-refractivity contribution is 7.80. The second-order valence-electron chi connectivity index (χ2n) is 6.55. The first-order chi connectivity index (χ1) is 15.0. The van der Waals surface area contributed by atoms with Gasteiger partial charge in [-0.15, -0.1) is 0 Å². The summed E-state index contributed by atoms with van der Waals surface area (Å²) in [6.07, 6.45) is 1.38. The van der Waals surface area contributed by atoms with Gasteiger partial charge in [-0.05, 0) is 79.0 Å². The lowest BCUT2D eigenvalue weighted by Crippen LogP contribution is -2.54. The largest absolute Gasteiger partial charge is 0.497 e. The number of carbonyl (C=O) groups is 2. The summed E-state index contributed by atoms with van der Waals surface area (Å²) in [6.45, 7) is 0. The number of anilines is 1. The monoisotopic (exact) mass is 429 g/mol. The van der Waals surface area contributed by atoms with Crippen LogP contribution in [-0.4, -0.2) is 24.0 Å². The Hall–Kier alpha value is -4.22. The number of hydrogen-bond donors (Lipinski definition) is 1. The van der Waals surface area contributed by atoms with Crippen LogP contribution in [0.2, 0.25) is 0 Å². The normalized spacial score (nSPS) is 15.0. The van der Waals surface area contributed by atoms with Gasteiger partial charge in [-0.2, -0.15) is 5.26 Å². The maximum atomic E-state index is 13.1. The molecule has 0 aliphatic carbocycles. The van der Waals surface area contributed by atoms with Crippen LogP contribution in [0.15, 0.2) is 70.7 Å². The van der Waals surface area contributed by atoms with Crippen LogP contribution in [-0.2, 0) is 9.59 Å². The van der Waals surface area contributed by atoms with Gasteiger partial charge in [-0.1, -0.05) is 0 Å². The van der Waals surface area contributed by atoms with Crippen molar-refractivity contribution in [3.63, 3.8) is 0 Å². The molecule has 1 N–H and O–H groups in total. The molecule has 8 heteroatoms. The highest BCUT2D eigenvalue weighted by atomic mass is 32.1. The third-order valence-electron chi connectivity index (χ3n) is 4.64. The third kappa shape index (κ3) is 3.95. The van der Waals surface area contributed by atoms with E-state index in [-0.39, 0.29) is 10.7 Å². The second-order valence-corrected chi connectivity index (χ2v) is 6.93. The fourth-order valence-corrected chi connectivity index (χ4v) is 3.34. The van der Waals surface area contributed by atoms with Crippen molar-refractivity contribution >= 4 is 40.9 Å². The van der Waals surface area contributed by atoms with E-state index >= 15 is 0 Å². The Bertz CT molecular complexity index is 1250. The van der Waals surface area contributed by atoms with Crippen LogP contribution in [0, 0.1) is 11.3 Å². The standard InChI is InChI=1S/C23H15N3O4S/c1-29-17-8-6-16(7-9-17)26-22(28)19(21(27)25-23(26)31)12-18-10-11-20(30-18)15-4-2-14(13-24)3-5-15/h2-12H,1H3,(H,25,27,31)/b19-12-. The number of nitrogens with zero attached hydrogens (tertiary/aromatic N) is 2. The van der Waals surface area contributed by atoms with Crippen molar-refractivity contribution in [2.75, 3.05) is 12.0 Å². The number of rotatable bonds is 4. The zero-order valence-corrected chi connectivity index (χ0v) is 17.1. The minimum atomic E-state index is -0.601. The van der Waals surface area contributed by atoms with Gasteiger partial charge in [-0.25, -0.2) is 0 Å². The number of nitrogens with one attached hydrogen (secondary N) is 1. The molecule has 31 heavy (non-hydrogen) atoms. The predicted molar refractivity (Wildman–Crippen MR) is 118 cm³/mol. The van der Waals surface area contributed by atoms with E-state index in [4.69, 9.17) is 26.6 Å². The molecule has 4 rings (SSSR count). The van der Waals surface area contributed by atoms with Gasteiger partial charge in [0.05, 0.1) is 24.4 Å². The molecule has 1 aliphatic rings. The molecule has 3 aromatic rings. The Kier molecular flexibility index (Phi) is 5.35. The SMILES string of the molecule is COc1ccc(N2C(=O)/C(=C\c3ccc(-c4ccc(C#N)cc4)o3)C(=O)NC2=S)cc1. The summed E-state index contributed by atoms with van der Waals surface area (Å²) in [6, 6.07) is 19.1. The zero-order chi connectivity index (χ0) is 22.0. The van der Waals surface area contributed by atoms with E-state index in [2.05, 4.69) is 11.4 Å². The van der Waals surface area contributed by atoms with Crippen LogP contribution >= 0.6 is 12.2 Å². The molecule has 0 atom stereocenters. The molecule has 1 saturated heterocycles. The Morgan fingerprint density at radius 1 is 1.06 bits per heavy atom. The Labute approximate surface area is 183 Å². The minimum absolute atomic E-state index is 0.00460. The molecule has 0 unspecified atom stereocenters. The summed E-state index contributed by atoms with van der Waals surface area (Å²) in [4.78, 5) is 26.7. The lowest BCUT2D eigenvalue weighted by atomic mass is 10.1. The number of nitriles is 1. The first kappa shape index (κ1) is 20.1. The summed E-state index contributed by atoms with van der Waals surface area (Å²) >= 11 is 5.20. The smallest absolute Gasteiger partial charge is 0.270 e. The number of amides is 2. The number of benzene rings is 2. The first-order valence-electron chi connectivity index (χ1n) is 9.16. The molecular formula is C23H15N3O4S. The highest BCUT2D eigenvalue weighted by Crippen LogP contribution is 2.27. The quantitative estimate of drug-likeness (QED) is 0.386. The molecule has 2 aromatic carbocycles. The van der Waals surface area contributed by atoms with E-state index in [0.29, 0.717) is 28.5 Å². The van der Waals surface area contributed by atoms with Crippen molar-refractivity contribution in [3.05, 3.63) is 77.6 Å². The van der Waals surface area contributed by atoms with E-state index < -0.39 is 11.8 Å². The Balaban J connectivity index is 1.64. The maximum absolute atomic E-state index is 13.1. The third-order valence-corrected chi connectivity index (χ3v) is 4.93. The van der Waals surface area contributed by atoms with Gasteiger partial charge < -0.3 is 9.15 Å². The van der Waals surface area contributed by atoms with E-state index in [9.17, 15) is 9.59 Å². The van der Waals surface area contributed by atoms with Crippen molar-refractivity contribution in [1.82, 2.24) is 5.32 Å². The molecule has 1 aromatic heterocycles. The molecule has 0 radical (unpaired) electrons. The Morgan fingerprint density at radius 3 is 2.42 bits per heavy atom. The highest BCUT2D eigenvalue weighted by Gasteiger charge is 2.34. The van der Waals surface area contributed by atoms with Crippen LogP contribution in [0.4, 0.5) is 5.69 Å². The van der Waals surface area contributed by atoms with Crippen molar-refractivity contribution in [2.45, 2.75) is 0 Å². The molecular weight excluding hydrogens is 414 g/mol. The van der Waals surface area contributed by atoms with Crippen LogP contribution in [0.5, 0.6) is 5.75 Å². The Morgan fingerprint density at radius 2 is 1.77 bits per heavy atom. The summed E-state index contributed by atoms with van der Waals surface area (Å²) in [5.74, 6) is 0.346. The number of hydrogen-bond acceptors (Lipinski definition) is 6. The van der Waals surface area contributed by atoms with E-state index in [1.54, 1.807) is 67.8 Å². The topological polar surface area (TPSA) is 95.6 Å². The van der Waals surface area contributed by atoms with Gasteiger partial charge in [0.15, 0.2) is 5.11 Å². The van der Waals surface area contributed by atoms with Gasteiger partial charge in [0.1, 0.15) is 22.8 Å². The van der Waals surface area contributed by atoms with Crippen molar-refractivity contribution in [3.8, 4) is 23.1 Å². The lowest BCUT2D eigenvalue weighted by Gasteiger charge is -2.28. The van der Waals surface area contributed by atoms with E-state index in [0.717, 1.165) is 5.56 Å². The molecule has 1 aliphatic heterocycles. The molecule has 2 heterocycles. The van der Waals surface area contributed by atoms with Crippen LogP contribution < -0.4 is 15.0 Å². The number of furan rings is 1. The first-order valence-corrected chi connectivity index (χ1v) is 9.57. The summed E-state index contributed by atoms with van der Waals surface area (Å²) in [7, 11) is 1.54. The van der Waals surface area contributed by atoms with Gasteiger partial charge >= 0.3 is 0 Å². The van der Waals surface area contributed by atoms with Crippen molar-refractivity contribution in [1.29, 1.82) is 5.26 Å². The molecule has 2 amide bonds. The van der Waals surface area contributed by atoms with Crippen LogP contribution in [0.1, 0.15) is 11.3 Å². The number of carbonyl (C=O) groups excluding carboxylic acids is 2. The lowest BCUT2D eigenvalue weighted by molar-refractivity contribution is -0.122. The molecule has 0 spiro atoms.